The van der Waals surface area contributed by atoms with E-state index in [1.807, 2.05) is 0 Å². The fourth-order valence-corrected chi connectivity index (χ4v) is 2.41. The maximum atomic E-state index is 12.3. The van der Waals surface area contributed by atoms with Gasteiger partial charge in [-0.25, -0.2) is 0 Å². The summed E-state index contributed by atoms with van der Waals surface area (Å²) in [5.74, 6) is -0.563. The molecule has 1 atom stereocenters. The Balaban J connectivity index is 1.77. The second kappa shape index (κ2) is 9.73. The van der Waals surface area contributed by atoms with E-state index in [1.54, 1.807) is 48.5 Å². The van der Waals surface area contributed by atoms with E-state index in [9.17, 15) is 14.4 Å². The molecule has 142 valence electrons. The van der Waals surface area contributed by atoms with Crippen LogP contribution in [0.15, 0.2) is 48.5 Å². The first-order chi connectivity index (χ1) is 12.9. The number of ketones is 1. The summed E-state index contributed by atoms with van der Waals surface area (Å²) >= 11 is 5.77. The van der Waals surface area contributed by atoms with Gasteiger partial charge in [-0.2, -0.15) is 0 Å². The number of rotatable bonds is 8. The molecule has 0 unspecified atom stereocenters. The Morgan fingerprint density at radius 2 is 1.59 bits per heavy atom. The van der Waals surface area contributed by atoms with Crippen LogP contribution >= 0.6 is 11.6 Å². The van der Waals surface area contributed by atoms with Gasteiger partial charge >= 0.3 is 5.97 Å². The van der Waals surface area contributed by atoms with Gasteiger partial charge in [0, 0.05) is 22.7 Å². The molecule has 0 saturated heterocycles. The zero-order valence-electron chi connectivity index (χ0n) is 15.0. The number of Topliss-reactive ketones (excluding diaryl/α,β-unsaturated/α-hetero) is 1. The van der Waals surface area contributed by atoms with Crippen molar-refractivity contribution in [2.24, 2.45) is 0 Å². The Labute approximate surface area is 162 Å². The zero-order valence-corrected chi connectivity index (χ0v) is 15.8. The Morgan fingerprint density at radius 1 is 1.00 bits per heavy atom. The fourth-order valence-electron chi connectivity index (χ4n) is 2.28. The molecule has 0 heterocycles. The number of hydrogen-bond donors (Lipinski definition) is 1. The van der Waals surface area contributed by atoms with Crippen molar-refractivity contribution < 1.29 is 23.9 Å². The average molecular weight is 390 g/mol. The van der Waals surface area contributed by atoms with Crippen molar-refractivity contribution in [2.75, 3.05) is 13.7 Å². The smallest absolute Gasteiger partial charge is 0.308 e. The Bertz CT molecular complexity index is 802. The number of benzene rings is 2. The van der Waals surface area contributed by atoms with Crippen LogP contribution in [0.25, 0.3) is 0 Å². The first-order valence-electron chi connectivity index (χ1n) is 8.32. The van der Waals surface area contributed by atoms with Crippen molar-refractivity contribution in [3.63, 3.8) is 0 Å². The summed E-state index contributed by atoms with van der Waals surface area (Å²) in [4.78, 5) is 36.1. The third-order valence-corrected chi connectivity index (χ3v) is 4.03. The molecule has 1 amide bonds. The summed E-state index contributed by atoms with van der Waals surface area (Å²) < 4.78 is 10.2. The van der Waals surface area contributed by atoms with E-state index in [4.69, 9.17) is 21.1 Å². The first kappa shape index (κ1) is 20.5. The average Bonchev–Trinajstić information content (AvgIpc) is 2.67. The van der Waals surface area contributed by atoms with Crippen LogP contribution in [0.4, 0.5) is 0 Å². The minimum Gasteiger partial charge on any atom is -0.497 e. The lowest BCUT2D eigenvalue weighted by molar-refractivity contribution is -0.146. The predicted octanol–water partition coefficient (Wildman–Crippen LogP) is 3.28. The highest BCUT2D eigenvalue weighted by Gasteiger charge is 2.19. The second-order valence-corrected chi connectivity index (χ2v) is 6.17. The predicted molar refractivity (Wildman–Crippen MR) is 101 cm³/mol. The monoisotopic (exact) mass is 389 g/mol. The number of hydrogen-bond acceptors (Lipinski definition) is 5. The van der Waals surface area contributed by atoms with Gasteiger partial charge in [-0.15, -0.1) is 0 Å². The van der Waals surface area contributed by atoms with E-state index in [0.29, 0.717) is 21.9 Å². The van der Waals surface area contributed by atoms with Crippen LogP contribution in [0.1, 0.15) is 34.1 Å². The largest absolute Gasteiger partial charge is 0.497 e. The van der Waals surface area contributed by atoms with Crippen LogP contribution in [-0.2, 0) is 9.53 Å². The fraction of sp³-hybridized carbons (Fsp3) is 0.250. The van der Waals surface area contributed by atoms with Crippen molar-refractivity contribution in [3.05, 3.63) is 64.7 Å². The highest BCUT2D eigenvalue weighted by atomic mass is 35.5. The SMILES string of the molecule is COc1ccc(C(=O)[C@H](C)OC(=O)CCNC(=O)c2ccc(Cl)cc2)cc1. The molecule has 27 heavy (non-hydrogen) atoms. The van der Waals surface area contributed by atoms with E-state index in [1.165, 1.54) is 14.0 Å². The number of ether oxygens (including phenoxy) is 2. The van der Waals surface area contributed by atoms with Crippen molar-refractivity contribution in [1.29, 1.82) is 0 Å². The molecule has 0 aliphatic carbocycles. The number of amides is 1. The Kier molecular flexibility index (Phi) is 7.37. The second-order valence-electron chi connectivity index (χ2n) is 5.74. The summed E-state index contributed by atoms with van der Waals surface area (Å²) in [5, 5.41) is 3.15. The lowest BCUT2D eigenvalue weighted by atomic mass is 10.1. The van der Waals surface area contributed by atoms with Crippen LogP contribution in [0, 0.1) is 0 Å². The van der Waals surface area contributed by atoms with Gasteiger partial charge in [0.15, 0.2) is 6.10 Å². The van der Waals surface area contributed by atoms with E-state index in [-0.39, 0.29) is 24.7 Å². The van der Waals surface area contributed by atoms with Crippen LogP contribution in [0.2, 0.25) is 5.02 Å². The van der Waals surface area contributed by atoms with Crippen LogP contribution in [0.3, 0.4) is 0 Å². The number of carbonyl (C=O) groups is 3. The van der Waals surface area contributed by atoms with E-state index in [2.05, 4.69) is 5.32 Å². The van der Waals surface area contributed by atoms with E-state index >= 15 is 0 Å². The molecule has 2 rings (SSSR count). The molecule has 2 aromatic carbocycles. The molecule has 0 spiro atoms. The highest BCUT2D eigenvalue weighted by Crippen LogP contribution is 2.14. The number of halogens is 1. The summed E-state index contributed by atoms with van der Waals surface area (Å²) in [5.41, 5.74) is 0.864. The topological polar surface area (TPSA) is 81.7 Å². The normalized spacial score (nSPS) is 11.4. The molecule has 0 aliphatic heterocycles. The number of carbonyl (C=O) groups excluding carboxylic acids is 3. The molecule has 0 fully saturated rings. The third kappa shape index (κ3) is 6.11. The summed E-state index contributed by atoms with van der Waals surface area (Å²) in [6.07, 6.45) is -0.961. The van der Waals surface area contributed by atoms with Crippen LogP contribution in [0.5, 0.6) is 5.75 Å². The number of esters is 1. The van der Waals surface area contributed by atoms with E-state index in [0.717, 1.165) is 0 Å². The lowest BCUT2D eigenvalue weighted by Crippen LogP contribution is -2.29. The van der Waals surface area contributed by atoms with Crippen LogP contribution in [-0.4, -0.2) is 37.4 Å². The molecule has 2 aromatic rings. The molecule has 0 saturated carbocycles. The molecule has 1 N–H and O–H groups in total. The van der Waals surface area contributed by atoms with Gasteiger partial charge in [0.2, 0.25) is 5.78 Å². The number of nitrogens with one attached hydrogen (secondary N) is 1. The molecule has 0 radical (unpaired) electrons. The third-order valence-electron chi connectivity index (χ3n) is 3.77. The molecule has 0 bridgehead atoms. The number of methoxy groups -OCH3 is 1. The molecular formula is C20H20ClNO5. The van der Waals surface area contributed by atoms with Gasteiger partial charge < -0.3 is 14.8 Å². The van der Waals surface area contributed by atoms with Gasteiger partial charge in [-0.3, -0.25) is 14.4 Å². The Morgan fingerprint density at radius 3 is 2.19 bits per heavy atom. The summed E-state index contributed by atoms with van der Waals surface area (Å²) in [6, 6.07) is 12.9. The van der Waals surface area contributed by atoms with E-state index < -0.39 is 12.1 Å². The molecular weight excluding hydrogens is 370 g/mol. The van der Waals surface area contributed by atoms with Gasteiger partial charge in [0.05, 0.1) is 13.5 Å². The van der Waals surface area contributed by atoms with Gasteiger partial charge in [0.25, 0.3) is 5.91 Å². The standard InChI is InChI=1S/C20H20ClNO5/c1-13(19(24)14-5-9-17(26-2)10-6-14)27-18(23)11-12-22-20(25)15-3-7-16(21)8-4-15/h3-10,13H,11-12H2,1-2H3,(H,22,25)/t13-/m0/s1. The summed E-state index contributed by atoms with van der Waals surface area (Å²) in [7, 11) is 1.53. The van der Waals surface area contributed by atoms with Crippen molar-refractivity contribution in [3.8, 4) is 5.75 Å². The molecule has 6 nitrogen and oxygen atoms in total. The maximum Gasteiger partial charge on any atom is 0.308 e. The zero-order chi connectivity index (χ0) is 19.8. The first-order valence-corrected chi connectivity index (χ1v) is 8.70. The maximum absolute atomic E-state index is 12.3. The van der Waals surface area contributed by atoms with Crippen molar-refractivity contribution in [1.82, 2.24) is 5.32 Å². The lowest BCUT2D eigenvalue weighted by Gasteiger charge is -2.13. The van der Waals surface area contributed by atoms with Crippen LogP contribution < -0.4 is 10.1 Å². The van der Waals surface area contributed by atoms with Crippen molar-refractivity contribution in [2.45, 2.75) is 19.4 Å². The quantitative estimate of drug-likeness (QED) is 0.553. The van der Waals surface area contributed by atoms with Gasteiger partial charge in [-0.05, 0) is 55.5 Å². The minimum absolute atomic E-state index is 0.0421. The molecule has 0 aromatic heterocycles. The highest BCUT2D eigenvalue weighted by molar-refractivity contribution is 6.30. The molecule has 0 aliphatic rings. The Hall–Kier alpha value is -2.86. The van der Waals surface area contributed by atoms with Gasteiger partial charge in [-0.1, -0.05) is 11.6 Å². The minimum atomic E-state index is -0.919. The molecule has 7 heteroatoms. The van der Waals surface area contributed by atoms with Crippen molar-refractivity contribution >= 4 is 29.3 Å². The van der Waals surface area contributed by atoms with Gasteiger partial charge in [0.1, 0.15) is 5.75 Å². The summed E-state index contributed by atoms with van der Waals surface area (Å²) in [6.45, 7) is 1.61.